The van der Waals surface area contributed by atoms with Crippen LogP contribution in [-0.4, -0.2) is 38.4 Å². The summed E-state index contributed by atoms with van der Waals surface area (Å²) < 4.78 is 27.4. The first-order valence-corrected chi connectivity index (χ1v) is 8.15. The third-order valence-corrected chi connectivity index (χ3v) is 6.10. The van der Waals surface area contributed by atoms with Crippen molar-refractivity contribution in [3.63, 3.8) is 0 Å². The Bertz CT molecular complexity index is 545. The van der Waals surface area contributed by atoms with Crippen molar-refractivity contribution in [2.45, 2.75) is 24.8 Å². The van der Waals surface area contributed by atoms with Crippen molar-refractivity contribution in [1.82, 2.24) is 9.62 Å². The molecule has 2 rings (SSSR count). The molecule has 100 valence electrons. The molecule has 1 aromatic rings. The molecule has 0 radical (unpaired) electrons. The Morgan fingerprint density at radius 1 is 1.44 bits per heavy atom. The van der Waals surface area contributed by atoms with Crippen LogP contribution in [0.2, 0.25) is 0 Å². The fourth-order valence-corrected chi connectivity index (χ4v) is 4.91. The van der Waals surface area contributed by atoms with Gasteiger partial charge in [0.1, 0.15) is 0 Å². The van der Waals surface area contributed by atoms with Crippen LogP contribution < -0.4 is 5.32 Å². The van der Waals surface area contributed by atoms with E-state index in [1.54, 1.807) is 10.4 Å². The molecule has 0 saturated carbocycles. The zero-order valence-electron chi connectivity index (χ0n) is 10.5. The smallest absolute Gasteiger partial charge is 0.244 e. The van der Waals surface area contributed by atoms with Gasteiger partial charge in [-0.2, -0.15) is 4.31 Å². The first kappa shape index (κ1) is 14.0. The van der Waals surface area contributed by atoms with E-state index in [1.165, 1.54) is 0 Å². The van der Waals surface area contributed by atoms with E-state index >= 15 is 0 Å². The molecule has 1 aliphatic rings. The first-order chi connectivity index (χ1) is 8.43. The van der Waals surface area contributed by atoms with Gasteiger partial charge in [-0.15, -0.1) is 0 Å². The van der Waals surface area contributed by atoms with Crippen LogP contribution in [0.15, 0.2) is 27.6 Å². The highest BCUT2D eigenvalue weighted by Gasteiger charge is 2.32. The van der Waals surface area contributed by atoms with E-state index < -0.39 is 10.0 Å². The van der Waals surface area contributed by atoms with Gasteiger partial charge in [0.15, 0.2) is 0 Å². The molecule has 0 amide bonds. The van der Waals surface area contributed by atoms with Crippen LogP contribution in [0, 0.1) is 6.92 Å². The van der Waals surface area contributed by atoms with Crippen LogP contribution in [0.1, 0.15) is 12.5 Å². The van der Waals surface area contributed by atoms with Crippen LogP contribution in [0.25, 0.3) is 0 Å². The molecule has 6 heteroatoms. The second-order valence-corrected chi connectivity index (χ2v) is 7.32. The van der Waals surface area contributed by atoms with E-state index in [9.17, 15) is 8.42 Å². The molecule has 1 saturated heterocycles. The summed E-state index contributed by atoms with van der Waals surface area (Å²) in [5.41, 5.74) is 1.04. The van der Waals surface area contributed by atoms with Gasteiger partial charge in [-0.25, -0.2) is 8.42 Å². The summed E-state index contributed by atoms with van der Waals surface area (Å²) in [5, 5.41) is 3.19. The van der Waals surface area contributed by atoms with Gasteiger partial charge in [-0.1, -0.05) is 6.07 Å². The maximum Gasteiger partial charge on any atom is 0.244 e. The minimum atomic E-state index is -3.41. The lowest BCUT2D eigenvalue weighted by Gasteiger charge is -2.33. The Hall–Kier alpha value is -0.430. The number of nitrogens with one attached hydrogen (secondary N) is 1. The second-order valence-electron chi connectivity index (χ2n) is 4.60. The Morgan fingerprint density at radius 3 is 2.78 bits per heavy atom. The number of nitrogens with zero attached hydrogens (tertiary/aromatic N) is 1. The number of aryl methyl sites for hydroxylation is 1. The average Bonchev–Trinajstić information content (AvgIpc) is 2.28. The maximum absolute atomic E-state index is 12.6. The van der Waals surface area contributed by atoms with E-state index in [1.807, 2.05) is 26.0 Å². The molecule has 1 unspecified atom stereocenters. The summed E-state index contributed by atoms with van der Waals surface area (Å²) in [5.74, 6) is 0. The standard InChI is InChI=1S/C12H17BrN2O2S/c1-9-3-4-12(11(13)7-9)18(16,17)15-6-5-14-8-10(15)2/h3-4,7,10,14H,5-6,8H2,1-2H3. The molecule has 1 N–H and O–H groups in total. The van der Waals surface area contributed by atoms with E-state index in [4.69, 9.17) is 0 Å². The van der Waals surface area contributed by atoms with Gasteiger partial charge in [0.2, 0.25) is 10.0 Å². The zero-order chi connectivity index (χ0) is 13.3. The lowest BCUT2D eigenvalue weighted by atomic mass is 10.2. The highest BCUT2D eigenvalue weighted by Crippen LogP contribution is 2.27. The van der Waals surface area contributed by atoms with Crippen molar-refractivity contribution in [3.05, 3.63) is 28.2 Å². The minimum absolute atomic E-state index is 0.0167. The third kappa shape index (κ3) is 2.61. The predicted octanol–water partition coefficient (Wildman–Crippen LogP) is 1.74. The number of sulfonamides is 1. The molecular formula is C12H17BrN2O2S. The monoisotopic (exact) mass is 332 g/mol. The van der Waals surface area contributed by atoms with Gasteiger partial charge in [-0.05, 0) is 47.5 Å². The zero-order valence-corrected chi connectivity index (χ0v) is 12.9. The van der Waals surface area contributed by atoms with E-state index in [-0.39, 0.29) is 6.04 Å². The molecule has 0 aliphatic carbocycles. The van der Waals surface area contributed by atoms with Gasteiger partial charge < -0.3 is 5.32 Å². The van der Waals surface area contributed by atoms with E-state index in [2.05, 4.69) is 21.2 Å². The van der Waals surface area contributed by atoms with Gasteiger partial charge in [-0.3, -0.25) is 0 Å². The molecule has 0 aromatic heterocycles. The Kier molecular flexibility index (Phi) is 4.11. The molecule has 1 aliphatic heterocycles. The topological polar surface area (TPSA) is 49.4 Å². The van der Waals surface area contributed by atoms with Crippen molar-refractivity contribution in [2.24, 2.45) is 0 Å². The minimum Gasteiger partial charge on any atom is -0.314 e. The lowest BCUT2D eigenvalue weighted by Crippen LogP contribution is -2.52. The number of hydrogen-bond acceptors (Lipinski definition) is 3. The molecule has 1 heterocycles. The fourth-order valence-electron chi connectivity index (χ4n) is 2.12. The van der Waals surface area contributed by atoms with Crippen LogP contribution >= 0.6 is 15.9 Å². The van der Waals surface area contributed by atoms with Crippen molar-refractivity contribution >= 4 is 26.0 Å². The number of piperazine rings is 1. The number of halogens is 1. The summed E-state index contributed by atoms with van der Waals surface area (Å²) in [6, 6.07) is 5.31. The highest BCUT2D eigenvalue weighted by molar-refractivity contribution is 9.10. The summed E-state index contributed by atoms with van der Waals surface area (Å²) in [7, 11) is -3.41. The molecule has 0 bridgehead atoms. The lowest BCUT2D eigenvalue weighted by molar-refractivity contribution is 0.283. The molecule has 18 heavy (non-hydrogen) atoms. The summed E-state index contributed by atoms with van der Waals surface area (Å²) in [6.45, 7) is 5.78. The van der Waals surface area contributed by atoms with Crippen LogP contribution in [-0.2, 0) is 10.0 Å². The van der Waals surface area contributed by atoms with Gasteiger partial charge in [0.25, 0.3) is 0 Å². The van der Waals surface area contributed by atoms with Crippen LogP contribution in [0.4, 0.5) is 0 Å². The predicted molar refractivity (Wildman–Crippen MR) is 75.1 cm³/mol. The Balaban J connectivity index is 2.41. The molecule has 1 aromatic carbocycles. The van der Waals surface area contributed by atoms with Crippen molar-refractivity contribution in [3.8, 4) is 0 Å². The molecule has 1 fully saturated rings. The largest absolute Gasteiger partial charge is 0.314 e. The van der Waals surface area contributed by atoms with E-state index in [0.29, 0.717) is 29.0 Å². The van der Waals surface area contributed by atoms with Crippen molar-refractivity contribution < 1.29 is 8.42 Å². The van der Waals surface area contributed by atoms with Gasteiger partial charge in [0, 0.05) is 30.1 Å². The number of benzene rings is 1. The summed E-state index contributed by atoms with van der Waals surface area (Å²) in [4.78, 5) is 0.349. The number of hydrogen-bond donors (Lipinski definition) is 1. The Labute approximate surface area is 117 Å². The normalized spacial score (nSPS) is 22.1. The fraction of sp³-hybridized carbons (Fsp3) is 0.500. The molecule has 0 spiro atoms. The van der Waals surface area contributed by atoms with Crippen LogP contribution in [0.3, 0.4) is 0 Å². The van der Waals surface area contributed by atoms with Crippen molar-refractivity contribution in [2.75, 3.05) is 19.6 Å². The van der Waals surface area contributed by atoms with Gasteiger partial charge >= 0.3 is 0 Å². The average molecular weight is 333 g/mol. The van der Waals surface area contributed by atoms with E-state index in [0.717, 1.165) is 5.56 Å². The quantitative estimate of drug-likeness (QED) is 0.897. The second kappa shape index (κ2) is 5.28. The third-order valence-electron chi connectivity index (χ3n) is 3.11. The number of rotatable bonds is 2. The maximum atomic E-state index is 12.6. The van der Waals surface area contributed by atoms with Crippen LogP contribution in [0.5, 0.6) is 0 Å². The molecular weight excluding hydrogens is 316 g/mol. The molecule has 1 atom stereocenters. The first-order valence-electron chi connectivity index (χ1n) is 5.91. The van der Waals surface area contributed by atoms with Crippen molar-refractivity contribution in [1.29, 1.82) is 0 Å². The van der Waals surface area contributed by atoms with Gasteiger partial charge in [0.05, 0.1) is 4.90 Å². The molecule has 4 nitrogen and oxygen atoms in total. The SMILES string of the molecule is Cc1ccc(S(=O)(=O)N2CCNCC2C)c(Br)c1. The summed E-state index contributed by atoms with van der Waals surface area (Å²) >= 11 is 3.35. The highest BCUT2D eigenvalue weighted by atomic mass is 79.9. The Morgan fingerprint density at radius 2 is 2.17 bits per heavy atom. The summed E-state index contributed by atoms with van der Waals surface area (Å²) in [6.07, 6.45) is 0.